The summed E-state index contributed by atoms with van der Waals surface area (Å²) in [7, 11) is 0. The molecule has 0 aliphatic carbocycles. The van der Waals surface area contributed by atoms with Gasteiger partial charge in [0.2, 0.25) is 0 Å². The fourth-order valence-electron chi connectivity index (χ4n) is 2.13. The number of aromatic nitrogens is 4. The summed E-state index contributed by atoms with van der Waals surface area (Å²) in [4.78, 5) is 13.6. The molecule has 0 fully saturated rings. The maximum absolute atomic E-state index is 4.69. The third kappa shape index (κ3) is 3.61. The fraction of sp³-hybridized carbons (Fsp3) is 0.533. The summed E-state index contributed by atoms with van der Waals surface area (Å²) < 4.78 is 3.07. The molecule has 0 bridgehead atoms. The Morgan fingerprint density at radius 2 is 2.00 bits per heavy atom. The van der Waals surface area contributed by atoms with Crippen molar-refractivity contribution in [2.75, 3.05) is 11.9 Å². The highest BCUT2D eigenvalue weighted by atomic mass is 79.9. The van der Waals surface area contributed by atoms with Crippen molar-refractivity contribution in [3.63, 3.8) is 0 Å². The van der Waals surface area contributed by atoms with Crippen molar-refractivity contribution in [3.05, 3.63) is 22.7 Å². The summed E-state index contributed by atoms with van der Waals surface area (Å²) in [5.74, 6) is 1.60. The Hall–Kier alpha value is -1.43. The highest BCUT2D eigenvalue weighted by Gasteiger charge is 2.14. The SMILES string of the molecule is CCCNc1nc(-c2cncn2CCC)nc(CC)c1Br. The third-order valence-corrected chi connectivity index (χ3v) is 4.04. The van der Waals surface area contributed by atoms with Crippen LogP contribution in [0, 0.1) is 0 Å². The Morgan fingerprint density at radius 1 is 1.19 bits per heavy atom. The average Bonchev–Trinajstić information content (AvgIpc) is 2.95. The van der Waals surface area contributed by atoms with E-state index in [1.165, 1.54) is 0 Å². The minimum Gasteiger partial charge on any atom is -0.369 e. The molecule has 0 saturated carbocycles. The molecule has 5 nitrogen and oxygen atoms in total. The third-order valence-electron chi connectivity index (χ3n) is 3.20. The summed E-state index contributed by atoms with van der Waals surface area (Å²) in [6.45, 7) is 8.21. The number of anilines is 1. The molecule has 0 aromatic carbocycles. The van der Waals surface area contributed by atoms with E-state index < -0.39 is 0 Å². The zero-order valence-electron chi connectivity index (χ0n) is 12.9. The lowest BCUT2D eigenvalue weighted by Crippen LogP contribution is -2.08. The Morgan fingerprint density at radius 3 is 2.67 bits per heavy atom. The van der Waals surface area contributed by atoms with Gasteiger partial charge in [0.05, 0.1) is 22.7 Å². The number of nitrogens with zero attached hydrogens (tertiary/aromatic N) is 4. The van der Waals surface area contributed by atoms with Crippen molar-refractivity contribution in [2.45, 2.75) is 46.6 Å². The van der Waals surface area contributed by atoms with Crippen LogP contribution in [-0.2, 0) is 13.0 Å². The van der Waals surface area contributed by atoms with Crippen LogP contribution in [0.1, 0.15) is 39.3 Å². The van der Waals surface area contributed by atoms with Gasteiger partial charge in [-0.05, 0) is 35.2 Å². The molecule has 0 amide bonds. The predicted octanol–water partition coefficient (Wildman–Crippen LogP) is 3.90. The van der Waals surface area contributed by atoms with Gasteiger partial charge in [0.25, 0.3) is 0 Å². The first-order chi connectivity index (χ1) is 10.2. The number of hydrogen-bond acceptors (Lipinski definition) is 4. The van der Waals surface area contributed by atoms with E-state index in [0.717, 1.165) is 59.9 Å². The largest absolute Gasteiger partial charge is 0.369 e. The van der Waals surface area contributed by atoms with E-state index >= 15 is 0 Å². The van der Waals surface area contributed by atoms with Gasteiger partial charge >= 0.3 is 0 Å². The molecule has 2 aromatic heterocycles. The van der Waals surface area contributed by atoms with E-state index in [0.29, 0.717) is 0 Å². The van der Waals surface area contributed by atoms with Crippen molar-refractivity contribution in [3.8, 4) is 11.5 Å². The molecule has 2 rings (SSSR count). The Balaban J connectivity index is 2.45. The number of aryl methyl sites for hydroxylation is 2. The topological polar surface area (TPSA) is 55.6 Å². The van der Waals surface area contributed by atoms with E-state index in [1.54, 1.807) is 0 Å². The summed E-state index contributed by atoms with van der Waals surface area (Å²) in [5.41, 5.74) is 1.99. The average molecular weight is 352 g/mol. The highest BCUT2D eigenvalue weighted by molar-refractivity contribution is 9.10. The first-order valence-electron chi connectivity index (χ1n) is 7.51. The molecule has 0 saturated heterocycles. The van der Waals surface area contributed by atoms with E-state index in [-0.39, 0.29) is 0 Å². The van der Waals surface area contributed by atoms with Crippen molar-refractivity contribution in [1.29, 1.82) is 0 Å². The Labute approximate surface area is 134 Å². The van der Waals surface area contributed by atoms with Gasteiger partial charge in [0, 0.05) is 13.1 Å². The van der Waals surface area contributed by atoms with Gasteiger partial charge in [0.1, 0.15) is 11.5 Å². The van der Waals surface area contributed by atoms with Crippen LogP contribution in [0.4, 0.5) is 5.82 Å². The van der Waals surface area contributed by atoms with Gasteiger partial charge in [-0.25, -0.2) is 15.0 Å². The Bertz CT molecular complexity index is 594. The minimum absolute atomic E-state index is 0.736. The summed E-state index contributed by atoms with van der Waals surface area (Å²) >= 11 is 3.61. The van der Waals surface area contributed by atoms with Crippen LogP contribution in [0.25, 0.3) is 11.5 Å². The van der Waals surface area contributed by atoms with Gasteiger partial charge in [-0.15, -0.1) is 0 Å². The normalized spacial score (nSPS) is 10.9. The summed E-state index contributed by atoms with van der Waals surface area (Å²) in [6.07, 6.45) is 6.65. The maximum atomic E-state index is 4.69. The second-order valence-electron chi connectivity index (χ2n) is 4.91. The smallest absolute Gasteiger partial charge is 0.180 e. The second kappa shape index (κ2) is 7.54. The molecule has 1 N–H and O–H groups in total. The van der Waals surface area contributed by atoms with Crippen LogP contribution < -0.4 is 5.32 Å². The molecule has 2 aromatic rings. The highest BCUT2D eigenvalue weighted by Crippen LogP contribution is 2.27. The molecule has 6 heteroatoms. The maximum Gasteiger partial charge on any atom is 0.180 e. The fourth-order valence-corrected chi connectivity index (χ4v) is 2.73. The molecule has 0 aliphatic heterocycles. The molecule has 0 aliphatic rings. The molecular formula is C15H22BrN5. The standard InChI is InChI=1S/C15H22BrN5/c1-4-7-18-15-13(16)11(6-3)19-14(20-15)12-9-17-10-21(12)8-5-2/h9-10H,4-8H2,1-3H3,(H,18,19,20). The van der Waals surface area contributed by atoms with E-state index in [4.69, 9.17) is 0 Å². The van der Waals surface area contributed by atoms with Gasteiger partial charge in [-0.1, -0.05) is 20.8 Å². The lowest BCUT2D eigenvalue weighted by Gasteiger charge is -2.13. The molecular weight excluding hydrogens is 330 g/mol. The second-order valence-corrected chi connectivity index (χ2v) is 5.70. The van der Waals surface area contributed by atoms with Gasteiger partial charge in [-0.2, -0.15) is 0 Å². The van der Waals surface area contributed by atoms with E-state index in [2.05, 4.69) is 61.5 Å². The molecule has 21 heavy (non-hydrogen) atoms. The number of rotatable bonds is 7. The minimum atomic E-state index is 0.736. The Kier molecular flexibility index (Phi) is 5.73. The predicted molar refractivity (Wildman–Crippen MR) is 89.4 cm³/mol. The quantitative estimate of drug-likeness (QED) is 0.821. The first-order valence-corrected chi connectivity index (χ1v) is 8.31. The van der Waals surface area contributed by atoms with Crippen molar-refractivity contribution in [2.24, 2.45) is 0 Å². The van der Waals surface area contributed by atoms with Crippen molar-refractivity contribution in [1.82, 2.24) is 19.5 Å². The number of imidazole rings is 1. The molecule has 114 valence electrons. The molecule has 0 atom stereocenters. The number of halogens is 1. The van der Waals surface area contributed by atoms with Crippen molar-refractivity contribution < 1.29 is 0 Å². The zero-order valence-corrected chi connectivity index (χ0v) is 14.4. The molecule has 2 heterocycles. The summed E-state index contributed by atoms with van der Waals surface area (Å²) in [6, 6.07) is 0. The van der Waals surface area contributed by atoms with Crippen LogP contribution >= 0.6 is 15.9 Å². The molecule has 0 unspecified atom stereocenters. The van der Waals surface area contributed by atoms with Gasteiger partial charge < -0.3 is 9.88 Å². The van der Waals surface area contributed by atoms with Crippen LogP contribution in [0.15, 0.2) is 17.0 Å². The number of hydrogen-bond donors (Lipinski definition) is 1. The zero-order chi connectivity index (χ0) is 15.2. The van der Waals surface area contributed by atoms with Crippen LogP contribution in [0.5, 0.6) is 0 Å². The van der Waals surface area contributed by atoms with Crippen LogP contribution in [-0.4, -0.2) is 26.1 Å². The van der Waals surface area contributed by atoms with E-state index in [9.17, 15) is 0 Å². The van der Waals surface area contributed by atoms with Crippen LogP contribution in [0.2, 0.25) is 0 Å². The molecule has 0 spiro atoms. The first kappa shape index (κ1) is 15.9. The van der Waals surface area contributed by atoms with Crippen molar-refractivity contribution >= 4 is 21.7 Å². The van der Waals surface area contributed by atoms with Gasteiger partial charge in [0.15, 0.2) is 5.82 Å². The van der Waals surface area contributed by atoms with E-state index in [1.807, 2.05) is 12.5 Å². The van der Waals surface area contributed by atoms with Gasteiger partial charge in [-0.3, -0.25) is 0 Å². The number of nitrogens with one attached hydrogen (secondary N) is 1. The van der Waals surface area contributed by atoms with Crippen LogP contribution in [0.3, 0.4) is 0 Å². The molecule has 0 radical (unpaired) electrons. The lowest BCUT2D eigenvalue weighted by molar-refractivity contribution is 0.681. The lowest BCUT2D eigenvalue weighted by atomic mass is 10.3. The monoisotopic (exact) mass is 351 g/mol. The summed E-state index contributed by atoms with van der Waals surface area (Å²) in [5, 5.41) is 3.36.